The molecule has 1 aromatic carbocycles. The monoisotopic (exact) mass is 350 g/mol. The van der Waals surface area contributed by atoms with Crippen molar-refractivity contribution in [2.24, 2.45) is 0 Å². The van der Waals surface area contributed by atoms with Crippen molar-refractivity contribution in [2.75, 3.05) is 13.2 Å². The number of hydrogen-bond acceptors (Lipinski definition) is 5. The van der Waals surface area contributed by atoms with Crippen LogP contribution >= 0.6 is 18.9 Å². The molecule has 0 unspecified atom stereocenters. The normalized spacial score (nSPS) is 12.1. The highest BCUT2D eigenvalue weighted by molar-refractivity contribution is 7.62. The summed E-state index contributed by atoms with van der Waals surface area (Å²) in [5, 5.41) is 1.99. The molecule has 0 fully saturated rings. The fraction of sp³-hybridized carbons (Fsp3) is 0.312. The Morgan fingerprint density at radius 1 is 1.17 bits per heavy atom. The molecule has 0 aliphatic rings. The van der Waals surface area contributed by atoms with Gasteiger partial charge >= 0.3 is 7.60 Å². The summed E-state index contributed by atoms with van der Waals surface area (Å²) in [7, 11) is -3.46. The van der Waals surface area contributed by atoms with Gasteiger partial charge in [-0.1, -0.05) is 30.3 Å². The van der Waals surface area contributed by atoms with E-state index in [4.69, 9.17) is 9.05 Å². The van der Waals surface area contributed by atoms with Crippen LogP contribution in [0, 0.1) is 6.92 Å². The lowest BCUT2D eigenvalue weighted by Crippen LogP contribution is -2.18. The number of aryl methyl sites for hydroxylation is 1. The van der Waals surface area contributed by atoms with Gasteiger partial charge in [0.1, 0.15) is 5.69 Å². The standard InChI is InChI=1S/C16H19N2O3PS/c1-4-20-22(19,21-5-2)15-14(13-9-7-6-8-10-13)17-16-18(15)12(3)11-23-16/h6-11H,4-5H2,1-3H3. The van der Waals surface area contributed by atoms with E-state index in [1.54, 1.807) is 0 Å². The average Bonchev–Trinajstić information content (AvgIpc) is 3.09. The topological polar surface area (TPSA) is 52.8 Å². The molecule has 2 heterocycles. The summed E-state index contributed by atoms with van der Waals surface area (Å²) in [6.07, 6.45) is 0. The van der Waals surface area contributed by atoms with E-state index in [0.29, 0.717) is 24.3 Å². The predicted octanol–water partition coefficient (Wildman–Crippen LogP) is 4.26. The molecular formula is C16H19N2O3PS. The van der Waals surface area contributed by atoms with E-state index in [9.17, 15) is 4.57 Å². The van der Waals surface area contributed by atoms with Crippen LogP contribution in [0.15, 0.2) is 35.7 Å². The summed E-state index contributed by atoms with van der Waals surface area (Å²) < 4.78 is 26.5. The Morgan fingerprint density at radius 3 is 2.43 bits per heavy atom. The maximum atomic E-state index is 13.4. The van der Waals surface area contributed by atoms with Gasteiger partial charge in [-0.3, -0.25) is 8.97 Å². The molecule has 0 amide bonds. The van der Waals surface area contributed by atoms with Gasteiger partial charge in [0.15, 0.2) is 10.4 Å². The van der Waals surface area contributed by atoms with Crippen molar-refractivity contribution in [3.63, 3.8) is 0 Å². The number of rotatable bonds is 6. The van der Waals surface area contributed by atoms with Crippen LogP contribution in [0.25, 0.3) is 16.2 Å². The quantitative estimate of drug-likeness (QED) is 0.623. The Hall–Kier alpha value is -1.46. The molecule has 0 N–H and O–H groups in total. The SMILES string of the molecule is CCOP(=O)(OCC)c1c(-c2ccccc2)nc2scc(C)n12. The first-order valence-corrected chi connectivity index (χ1v) is 9.94. The highest BCUT2D eigenvalue weighted by Crippen LogP contribution is 2.49. The van der Waals surface area contributed by atoms with E-state index >= 15 is 0 Å². The molecule has 0 saturated carbocycles. The number of aromatic nitrogens is 2. The molecule has 0 spiro atoms. The van der Waals surface area contributed by atoms with E-state index < -0.39 is 7.60 Å². The van der Waals surface area contributed by atoms with Crippen molar-refractivity contribution >= 4 is 29.3 Å². The van der Waals surface area contributed by atoms with Crippen LogP contribution < -0.4 is 5.44 Å². The third kappa shape index (κ3) is 2.88. The zero-order chi connectivity index (χ0) is 16.4. The van der Waals surface area contributed by atoms with Crippen LogP contribution in [0.3, 0.4) is 0 Å². The second-order valence-corrected chi connectivity index (χ2v) is 7.75. The average molecular weight is 350 g/mol. The van der Waals surface area contributed by atoms with Gasteiger partial charge in [-0.05, 0) is 20.8 Å². The fourth-order valence-corrected chi connectivity index (χ4v) is 5.39. The summed E-state index contributed by atoms with van der Waals surface area (Å²) in [5.41, 5.74) is 3.04. The largest absolute Gasteiger partial charge is 0.380 e. The summed E-state index contributed by atoms with van der Waals surface area (Å²) in [6, 6.07) is 9.72. The molecule has 0 saturated heterocycles. The fourth-order valence-electron chi connectivity index (χ4n) is 2.52. The Kier molecular flexibility index (Phi) is 4.69. The Morgan fingerprint density at radius 2 is 1.83 bits per heavy atom. The Bertz CT molecular complexity index is 847. The third-order valence-electron chi connectivity index (χ3n) is 3.41. The van der Waals surface area contributed by atoms with Crippen LogP contribution in [-0.4, -0.2) is 22.6 Å². The maximum absolute atomic E-state index is 13.4. The van der Waals surface area contributed by atoms with Gasteiger partial charge in [0.25, 0.3) is 0 Å². The number of imidazole rings is 1. The van der Waals surface area contributed by atoms with Crippen molar-refractivity contribution < 1.29 is 13.6 Å². The molecular weight excluding hydrogens is 331 g/mol. The maximum Gasteiger partial charge on any atom is 0.380 e. The zero-order valence-corrected chi connectivity index (χ0v) is 15.1. The van der Waals surface area contributed by atoms with E-state index in [1.807, 2.05) is 60.9 Å². The summed E-state index contributed by atoms with van der Waals surface area (Å²) >= 11 is 1.52. The van der Waals surface area contributed by atoms with E-state index in [0.717, 1.165) is 16.2 Å². The van der Waals surface area contributed by atoms with Gasteiger partial charge in [-0.15, -0.1) is 11.3 Å². The second-order valence-electron chi connectivity index (χ2n) is 4.98. The van der Waals surface area contributed by atoms with E-state index in [-0.39, 0.29) is 0 Å². The van der Waals surface area contributed by atoms with Crippen LogP contribution in [-0.2, 0) is 13.6 Å². The molecule has 23 heavy (non-hydrogen) atoms. The van der Waals surface area contributed by atoms with Crippen LogP contribution in [0.2, 0.25) is 0 Å². The van der Waals surface area contributed by atoms with Crippen molar-refractivity contribution in [3.8, 4) is 11.3 Å². The first kappa shape index (κ1) is 16.4. The van der Waals surface area contributed by atoms with Crippen molar-refractivity contribution in [1.29, 1.82) is 0 Å². The number of hydrogen-bond donors (Lipinski definition) is 0. The van der Waals surface area contributed by atoms with Crippen LogP contribution in [0.4, 0.5) is 0 Å². The van der Waals surface area contributed by atoms with Gasteiger partial charge in [0, 0.05) is 16.6 Å². The van der Waals surface area contributed by atoms with Gasteiger partial charge < -0.3 is 9.05 Å². The van der Waals surface area contributed by atoms with Crippen molar-refractivity contribution in [2.45, 2.75) is 20.8 Å². The smallest absolute Gasteiger partial charge is 0.304 e. The first-order chi connectivity index (χ1) is 11.1. The lowest BCUT2D eigenvalue weighted by Gasteiger charge is -2.18. The van der Waals surface area contributed by atoms with Crippen molar-refractivity contribution in [1.82, 2.24) is 9.38 Å². The highest BCUT2D eigenvalue weighted by Gasteiger charge is 2.36. The lowest BCUT2D eigenvalue weighted by molar-refractivity contribution is 0.229. The second kappa shape index (κ2) is 6.57. The minimum absolute atomic E-state index is 0.307. The lowest BCUT2D eigenvalue weighted by atomic mass is 10.2. The number of benzene rings is 1. The summed E-state index contributed by atoms with van der Waals surface area (Å²) in [4.78, 5) is 5.47. The third-order valence-corrected chi connectivity index (χ3v) is 6.49. The molecule has 0 bridgehead atoms. The van der Waals surface area contributed by atoms with E-state index in [1.165, 1.54) is 11.3 Å². The van der Waals surface area contributed by atoms with Gasteiger partial charge in [-0.25, -0.2) is 4.98 Å². The van der Waals surface area contributed by atoms with Crippen molar-refractivity contribution in [3.05, 3.63) is 41.4 Å². The van der Waals surface area contributed by atoms with Crippen LogP contribution in [0.5, 0.6) is 0 Å². The molecule has 0 aliphatic heterocycles. The summed E-state index contributed by atoms with van der Waals surface area (Å²) in [6.45, 7) is 6.20. The minimum Gasteiger partial charge on any atom is -0.304 e. The Balaban J connectivity index is 2.32. The molecule has 7 heteroatoms. The van der Waals surface area contributed by atoms with Gasteiger partial charge in [0.2, 0.25) is 0 Å². The minimum atomic E-state index is -3.46. The first-order valence-electron chi connectivity index (χ1n) is 7.52. The highest BCUT2D eigenvalue weighted by atomic mass is 32.1. The molecule has 5 nitrogen and oxygen atoms in total. The number of thiazole rings is 1. The molecule has 0 atom stereocenters. The molecule has 2 aromatic heterocycles. The Labute approximate surface area is 139 Å². The van der Waals surface area contributed by atoms with E-state index in [2.05, 4.69) is 4.98 Å². The summed E-state index contributed by atoms with van der Waals surface area (Å²) in [5.74, 6) is 0. The zero-order valence-electron chi connectivity index (χ0n) is 13.4. The molecule has 0 radical (unpaired) electrons. The predicted molar refractivity (Wildman–Crippen MR) is 93.7 cm³/mol. The number of nitrogens with zero attached hydrogens (tertiary/aromatic N) is 2. The number of fused-ring (bicyclic) bond motifs is 1. The molecule has 3 rings (SSSR count). The molecule has 3 aromatic rings. The van der Waals surface area contributed by atoms with Crippen LogP contribution in [0.1, 0.15) is 19.5 Å². The van der Waals surface area contributed by atoms with Gasteiger partial charge in [0.05, 0.1) is 13.2 Å². The molecule has 0 aliphatic carbocycles. The molecule has 122 valence electrons. The van der Waals surface area contributed by atoms with Gasteiger partial charge in [-0.2, -0.15) is 0 Å².